The van der Waals surface area contributed by atoms with Gasteiger partial charge in [0.1, 0.15) is 0 Å². The molecule has 32 heavy (non-hydrogen) atoms. The molecule has 1 aromatic heterocycles. The first-order valence-electron chi connectivity index (χ1n) is 10.5. The summed E-state index contributed by atoms with van der Waals surface area (Å²) in [4.78, 5) is 43.8. The van der Waals surface area contributed by atoms with Crippen molar-refractivity contribution in [2.75, 3.05) is 39.3 Å². The smallest absolute Gasteiger partial charge is 0.289 e. The predicted molar refractivity (Wildman–Crippen MR) is 119 cm³/mol. The monoisotopic (exact) mass is 440 g/mol. The fourth-order valence-corrected chi connectivity index (χ4v) is 3.30. The van der Waals surface area contributed by atoms with Crippen LogP contribution in [0.25, 0.3) is 0 Å². The standard InChI is InChI=1S/C22H28N6O4/c1-2-24-22(28-11-9-27(10-12-28)21(31)18-4-3-13-32-18)26-14-16-5-7-17(8-6-16)20(30)25-15-19(23)29/h3-8,13H,2,9-12,14-15H2,1H3,(H2,23,29)(H,24,26)(H,25,30). The van der Waals surface area contributed by atoms with E-state index in [4.69, 9.17) is 15.1 Å². The Kier molecular flexibility index (Phi) is 7.85. The maximum atomic E-state index is 12.4. The lowest BCUT2D eigenvalue weighted by molar-refractivity contribution is -0.117. The molecule has 2 aromatic rings. The Morgan fingerprint density at radius 3 is 2.31 bits per heavy atom. The molecule has 1 saturated heterocycles. The zero-order chi connectivity index (χ0) is 22.9. The number of primary amides is 1. The van der Waals surface area contributed by atoms with E-state index < -0.39 is 5.91 Å². The molecule has 10 heteroatoms. The largest absolute Gasteiger partial charge is 0.459 e. The van der Waals surface area contributed by atoms with Crippen molar-refractivity contribution in [3.05, 3.63) is 59.5 Å². The number of nitrogens with two attached hydrogens (primary N) is 1. The second-order valence-corrected chi connectivity index (χ2v) is 7.27. The Morgan fingerprint density at radius 2 is 1.72 bits per heavy atom. The lowest BCUT2D eigenvalue weighted by Crippen LogP contribution is -2.53. The molecule has 0 radical (unpaired) electrons. The summed E-state index contributed by atoms with van der Waals surface area (Å²) < 4.78 is 5.21. The minimum Gasteiger partial charge on any atom is -0.459 e. The van der Waals surface area contributed by atoms with Crippen molar-refractivity contribution in [2.24, 2.45) is 10.7 Å². The molecular formula is C22H28N6O4. The maximum absolute atomic E-state index is 12.4. The molecule has 0 spiro atoms. The van der Waals surface area contributed by atoms with Gasteiger partial charge in [0.05, 0.1) is 19.4 Å². The molecule has 0 aliphatic carbocycles. The number of benzene rings is 1. The van der Waals surface area contributed by atoms with Gasteiger partial charge in [-0.2, -0.15) is 0 Å². The molecule has 1 aliphatic rings. The Morgan fingerprint density at radius 1 is 1.03 bits per heavy atom. The minimum atomic E-state index is -0.591. The number of rotatable bonds is 7. The lowest BCUT2D eigenvalue weighted by atomic mass is 10.1. The van der Waals surface area contributed by atoms with Gasteiger partial charge >= 0.3 is 0 Å². The van der Waals surface area contributed by atoms with Gasteiger partial charge in [0.15, 0.2) is 11.7 Å². The minimum absolute atomic E-state index is 0.100. The first-order valence-corrected chi connectivity index (χ1v) is 10.5. The van der Waals surface area contributed by atoms with E-state index in [2.05, 4.69) is 15.5 Å². The molecule has 1 fully saturated rings. The number of guanidine groups is 1. The number of aliphatic imine (C=N–C) groups is 1. The van der Waals surface area contributed by atoms with Crippen molar-refractivity contribution in [1.82, 2.24) is 20.4 Å². The highest BCUT2D eigenvalue weighted by Crippen LogP contribution is 2.11. The molecule has 3 rings (SSSR count). The molecule has 2 heterocycles. The third-order valence-electron chi connectivity index (χ3n) is 4.98. The highest BCUT2D eigenvalue weighted by molar-refractivity contribution is 5.96. The van der Waals surface area contributed by atoms with Crippen LogP contribution in [0.4, 0.5) is 0 Å². The first-order chi connectivity index (χ1) is 15.5. The quantitative estimate of drug-likeness (QED) is 0.422. The van der Waals surface area contributed by atoms with Gasteiger partial charge in [-0.25, -0.2) is 4.99 Å². The normalized spacial score (nSPS) is 14.2. The van der Waals surface area contributed by atoms with Gasteiger partial charge in [0, 0.05) is 38.3 Å². The van der Waals surface area contributed by atoms with Gasteiger partial charge in [0.25, 0.3) is 11.8 Å². The van der Waals surface area contributed by atoms with Crippen LogP contribution in [0.15, 0.2) is 52.1 Å². The van der Waals surface area contributed by atoms with Crippen molar-refractivity contribution in [3.63, 3.8) is 0 Å². The highest BCUT2D eigenvalue weighted by Gasteiger charge is 2.25. The Hall–Kier alpha value is -3.82. The molecule has 0 bridgehead atoms. The average molecular weight is 441 g/mol. The van der Waals surface area contributed by atoms with Crippen LogP contribution in [0.3, 0.4) is 0 Å². The van der Waals surface area contributed by atoms with Crippen LogP contribution in [0, 0.1) is 0 Å². The van der Waals surface area contributed by atoms with Crippen LogP contribution in [0.2, 0.25) is 0 Å². The van der Waals surface area contributed by atoms with E-state index in [1.807, 2.05) is 19.1 Å². The SMILES string of the molecule is CCNC(=NCc1ccc(C(=O)NCC(N)=O)cc1)N1CCN(C(=O)c2ccco2)CC1. The van der Waals surface area contributed by atoms with Gasteiger partial charge in [-0.05, 0) is 36.8 Å². The fraction of sp³-hybridized carbons (Fsp3) is 0.364. The number of amides is 3. The van der Waals surface area contributed by atoms with Gasteiger partial charge in [0.2, 0.25) is 5.91 Å². The van der Waals surface area contributed by atoms with Gasteiger partial charge in [-0.1, -0.05) is 12.1 Å². The van der Waals surface area contributed by atoms with E-state index in [9.17, 15) is 14.4 Å². The second-order valence-electron chi connectivity index (χ2n) is 7.27. The fourth-order valence-electron chi connectivity index (χ4n) is 3.30. The van der Waals surface area contributed by atoms with Crippen molar-refractivity contribution >= 4 is 23.7 Å². The average Bonchev–Trinajstić information content (AvgIpc) is 3.35. The summed E-state index contributed by atoms with van der Waals surface area (Å²) in [5.41, 5.74) is 6.43. The molecular weight excluding hydrogens is 412 g/mol. The van der Waals surface area contributed by atoms with Crippen LogP contribution in [-0.4, -0.2) is 72.7 Å². The maximum Gasteiger partial charge on any atom is 0.289 e. The Bertz CT molecular complexity index is 947. The molecule has 4 N–H and O–H groups in total. The second kappa shape index (κ2) is 11.0. The molecule has 0 saturated carbocycles. The van der Waals surface area contributed by atoms with Crippen molar-refractivity contribution in [1.29, 1.82) is 0 Å². The number of nitrogens with zero attached hydrogens (tertiary/aromatic N) is 3. The van der Waals surface area contributed by atoms with Gasteiger partial charge in [-0.3, -0.25) is 14.4 Å². The van der Waals surface area contributed by atoms with Gasteiger partial charge < -0.3 is 30.6 Å². The topological polar surface area (TPSA) is 133 Å². The molecule has 1 aliphatic heterocycles. The van der Waals surface area contributed by atoms with Crippen LogP contribution in [0.5, 0.6) is 0 Å². The number of furan rings is 1. The third-order valence-corrected chi connectivity index (χ3v) is 4.98. The van der Waals surface area contributed by atoms with Crippen LogP contribution >= 0.6 is 0 Å². The highest BCUT2D eigenvalue weighted by atomic mass is 16.3. The summed E-state index contributed by atoms with van der Waals surface area (Å²) in [6, 6.07) is 10.4. The zero-order valence-corrected chi connectivity index (χ0v) is 18.0. The summed E-state index contributed by atoms with van der Waals surface area (Å²) >= 11 is 0. The number of piperazine rings is 1. The van der Waals surface area contributed by atoms with E-state index in [-0.39, 0.29) is 18.4 Å². The van der Waals surface area contributed by atoms with E-state index in [0.29, 0.717) is 44.0 Å². The number of carbonyl (C=O) groups is 3. The summed E-state index contributed by atoms with van der Waals surface area (Å²) in [6.07, 6.45) is 1.50. The van der Waals surface area contributed by atoms with Crippen molar-refractivity contribution < 1.29 is 18.8 Å². The molecule has 170 valence electrons. The van der Waals surface area contributed by atoms with E-state index in [0.717, 1.165) is 18.1 Å². The predicted octanol–water partition coefficient (Wildman–Crippen LogP) is 0.418. The number of hydrogen-bond donors (Lipinski definition) is 3. The number of nitrogens with one attached hydrogen (secondary N) is 2. The zero-order valence-electron chi connectivity index (χ0n) is 18.0. The first kappa shape index (κ1) is 22.9. The van der Waals surface area contributed by atoms with E-state index >= 15 is 0 Å². The third kappa shape index (κ3) is 6.10. The number of hydrogen-bond acceptors (Lipinski definition) is 5. The summed E-state index contributed by atoms with van der Waals surface area (Å²) in [5.74, 6) is 0.0868. The van der Waals surface area contributed by atoms with Crippen molar-refractivity contribution in [2.45, 2.75) is 13.5 Å². The van der Waals surface area contributed by atoms with Crippen molar-refractivity contribution in [3.8, 4) is 0 Å². The Balaban J connectivity index is 1.56. The van der Waals surface area contributed by atoms with Gasteiger partial charge in [-0.15, -0.1) is 0 Å². The number of carbonyl (C=O) groups excluding carboxylic acids is 3. The summed E-state index contributed by atoms with van der Waals surface area (Å²) in [5, 5.41) is 5.75. The van der Waals surface area contributed by atoms with Crippen LogP contribution in [0.1, 0.15) is 33.4 Å². The van der Waals surface area contributed by atoms with Crippen LogP contribution in [-0.2, 0) is 11.3 Å². The van der Waals surface area contributed by atoms with Crippen LogP contribution < -0.4 is 16.4 Å². The Labute approximate surface area is 186 Å². The molecule has 1 aromatic carbocycles. The summed E-state index contributed by atoms with van der Waals surface area (Å²) in [7, 11) is 0. The molecule has 3 amide bonds. The molecule has 10 nitrogen and oxygen atoms in total. The summed E-state index contributed by atoms with van der Waals surface area (Å²) in [6.45, 7) is 5.47. The van der Waals surface area contributed by atoms with E-state index in [1.165, 1.54) is 6.26 Å². The van der Waals surface area contributed by atoms with E-state index in [1.54, 1.807) is 29.2 Å². The lowest BCUT2D eigenvalue weighted by Gasteiger charge is -2.36. The molecule has 0 atom stereocenters. The molecule has 0 unspecified atom stereocenters.